The first kappa shape index (κ1) is 12.4. The van der Waals surface area contributed by atoms with E-state index >= 15 is 0 Å². The molecule has 0 saturated heterocycles. The Morgan fingerprint density at radius 1 is 0.810 bits per heavy atom. The van der Waals surface area contributed by atoms with Gasteiger partial charge in [-0.1, -0.05) is 74.6 Å². The van der Waals surface area contributed by atoms with Crippen LogP contribution >= 0.6 is 0 Å². The van der Waals surface area contributed by atoms with E-state index in [1.807, 2.05) is 0 Å². The lowest BCUT2D eigenvalue weighted by atomic mass is 9.75. The summed E-state index contributed by atoms with van der Waals surface area (Å²) in [6.07, 6.45) is 13.3. The molecule has 102 valence electrons. The summed E-state index contributed by atoms with van der Waals surface area (Å²) in [5.41, 5.74) is 5.46. The van der Waals surface area contributed by atoms with Crippen LogP contribution in [0, 0.1) is 5.41 Å². The van der Waals surface area contributed by atoms with E-state index in [1.54, 1.807) is 0 Å². The smallest absolute Gasteiger partial charge is 0.0152 e. The van der Waals surface area contributed by atoms with E-state index < -0.39 is 0 Å². The summed E-state index contributed by atoms with van der Waals surface area (Å²) in [6, 6.07) is 13.2. The van der Waals surface area contributed by atoms with E-state index in [4.69, 9.17) is 0 Å². The molecule has 0 radical (unpaired) electrons. The minimum Gasteiger partial charge on any atom is -0.0620 e. The van der Waals surface area contributed by atoms with Gasteiger partial charge in [0.15, 0.2) is 0 Å². The Bertz CT molecular complexity index is 855. The van der Waals surface area contributed by atoms with Crippen LogP contribution in [0.2, 0.25) is 0 Å². The first-order chi connectivity index (χ1) is 10.2. The van der Waals surface area contributed by atoms with Crippen molar-refractivity contribution in [3.63, 3.8) is 0 Å². The Hall–Kier alpha value is -2.34. The third-order valence-electron chi connectivity index (χ3n) is 4.70. The fraction of sp³-hybridized carbons (Fsp3) is 0.143. The summed E-state index contributed by atoms with van der Waals surface area (Å²) in [5, 5.41) is 2.61. The third kappa shape index (κ3) is 1.83. The monoisotopic (exact) mass is 270 g/mol. The largest absolute Gasteiger partial charge is 0.0620 e. The molecule has 4 rings (SSSR count). The molecule has 0 nitrogen and oxygen atoms in total. The Morgan fingerprint density at radius 2 is 1.52 bits per heavy atom. The quantitative estimate of drug-likeness (QED) is 0.570. The zero-order chi connectivity index (χ0) is 14.4. The van der Waals surface area contributed by atoms with E-state index in [2.05, 4.69) is 86.7 Å². The summed E-state index contributed by atoms with van der Waals surface area (Å²) in [5.74, 6) is 0. The summed E-state index contributed by atoms with van der Waals surface area (Å²) >= 11 is 0. The maximum absolute atomic E-state index is 2.34. The van der Waals surface area contributed by atoms with Crippen LogP contribution in [-0.4, -0.2) is 0 Å². The number of hydrogen-bond acceptors (Lipinski definition) is 0. The van der Waals surface area contributed by atoms with Gasteiger partial charge in [0.05, 0.1) is 0 Å². The molecule has 0 N–H and O–H groups in total. The molecule has 0 aliphatic heterocycles. The van der Waals surface area contributed by atoms with Gasteiger partial charge < -0.3 is 0 Å². The van der Waals surface area contributed by atoms with E-state index in [0.717, 1.165) is 0 Å². The van der Waals surface area contributed by atoms with Gasteiger partial charge >= 0.3 is 0 Å². The van der Waals surface area contributed by atoms with Crippen molar-refractivity contribution in [2.24, 2.45) is 5.41 Å². The predicted molar refractivity (Wildman–Crippen MR) is 92.0 cm³/mol. The van der Waals surface area contributed by atoms with Gasteiger partial charge in [-0.25, -0.2) is 0 Å². The zero-order valence-electron chi connectivity index (χ0n) is 12.4. The van der Waals surface area contributed by atoms with Crippen molar-refractivity contribution in [2.45, 2.75) is 13.8 Å². The van der Waals surface area contributed by atoms with E-state index in [0.29, 0.717) is 0 Å². The highest BCUT2D eigenvalue weighted by Crippen LogP contribution is 2.46. The van der Waals surface area contributed by atoms with Gasteiger partial charge in [-0.3, -0.25) is 0 Å². The molecule has 2 aromatic carbocycles. The van der Waals surface area contributed by atoms with Crippen molar-refractivity contribution in [3.8, 4) is 0 Å². The van der Waals surface area contributed by atoms with Gasteiger partial charge in [0.25, 0.3) is 0 Å². The van der Waals surface area contributed by atoms with Crippen LogP contribution in [-0.2, 0) is 0 Å². The fourth-order valence-electron chi connectivity index (χ4n) is 3.38. The normalized spacial score (nSPS) is 18.6. The first-order valence-electron chi connectivity index (χ1n) is 7.47. The minimum absolute atomic E-state index is 0.0354. The van der Waals surface area contributed by atoms with Crippen LogP contribution in [0.15, 0.2) is 72.4 Å². The molecule has 0 aromatic heterocycles. The third-order valence-corrected chi connectivity index (χ3v) is 4.70. The van der Waals surface area contributed by atoms with Crippen molar-refractivity contribution in [3.05, 3.63) is 83.5 Å². The van der Waals surface area contributed by atoms with Crippen molar-refractivity contribution in [2.75, 3.05) is 0 Å². The fourth-order valence-corrected chi connectivity index (χ4v) is 3.38. The Kier molecular flexibility index (Phi) is 2.56. The van der Waals surface area contributed by atoms with Crippen LogP contribution in [0.25, 0.3) is 22.4 Å². The first-order valence-corrected chi connectivity index (χ1v) is 7.47. The van der Waals surface area contributed by atoms with Crippen LogP contribution in [0.5, 0.6) is 0 Å². The highest BCUT2D eigenvalue weighted by atomic mass is 14.3. The molecular formula is C21H18. The van der Waals surface area contributed by atoms with E-state index in [9.17, 15) is 0 Å². The maximum atomic E-state index is 2.34. The number of allylic oxidation sites excluding steroid dienone is 7. The SMILES string of the molecule is CC1(C)C2=CC=CC=C1c1cc3ccccc3cc1C=C2. The van der Waals surface area contributed by atoms with Gasteiger partial charge in [-0.15, -0.1) is 0 Å². The molecule has 0 saturated carbocycles. The molecular weight excluding hydrogens is 252 g/mol. The summed E-state index contributed by atoms with van der Waals surface area (Å²) in [4.78, 5) is 0. The van der Waals surface area contributed by atoms with Crippen molar-refractivity contribution < 1.29 is 0 Å². The molecule has 0 amide bonds. The summed E-state index contributed by atoms with van der Waals surface area (Å²) in [7, 11) is 0. The second-order valence-electron chi connectivity index (χ2n) is 6.33. The van der Waals surface area contributed by atoms with Crippen molar-refractivity contribution in [1.82, 2.24) is 0 Å². The summed E-state index contributed by atoms with van der Waals surface area (Å²) in [6.45, 7) is 4.62. The van der Waals surface area contributed by atoms with Crippen LogP contribution in [0.4, 0.5) is 0 Å². The van der Waals surface area contributed by atoms with Gasteiger partial charge in [-0.2, -0.15) is 0 Å². The zero-order valence-corrected chi connectivity index (χ0v) is 12.4. The highest BCUT2D eigenvalue weighted by molar-refractivity contribution is 5.93. The average molecular weight is 270 g/mol. The molecule has 0 unspecified atom stereocenters. The van der Waals surface area contributed by atoms with Gasteiger partial charge in [0.1, 0.15) is 0 Å². The number of rotatable bonds is 0. The Morgan fingerprint density at radius 3 is 2.33 bits per heavy atom. The van der Waals surface area contributed by atoms with Crippen molar-refractivity contribution >= 4 is 22.4 Å². The molecule has 0 heteroatoms. The van der Waals surface area contributed by atoms with E-state index in [-0.39, 0.29) is 5.41 Å². The Balaban J connectivity index is 2.09. The molecule has 0 heterocycles. The number of benzene rings is 2. The molecule has 2 aliphatic rings. The second-order valence-corrected chi connectivity index (χ2v) is 6.33. The van der Waals surface area contributed by atoms with Crippen LogP contribution in [0.3, 0.4) is 0 Å². The number of fused-ring (bicyclic) bond motifs is 5. The Labute approximate surface area is 125 Å². The molecule has 0 atom stereocenters. The van der Waals surface area contributed by atoms with Gasteiger partial charge in [0.2, 0.25) is 0 Å². The lowest BCUT2D eigenvalue weighted by molar-refractivity contribution is 0.621. The lowest BCUT2D eigenvalue weighted by Gasteiger charge is -2.28. The van der Waals surface area contributed by atoms with Gasteiger partial charge in [0, 0.05) is 5.41 Å². The average Bonchev–Trinajstić information content (AvgIpc) is 2.69. The predicted octanol–water partition coefficient (Wildman–Crippen LogP) is 5.77. The van der Waals surface area contributed by atoms with E-state index in [1.165, 1.54) is 33.0 Å². The molecule has 21 heavy (non-hydrogen) atoms. The highest BCUT2D eigenvalue weighted by Gasteiger charge is 2.30. The molecule has 0 spiro atoms. The van der Waals surface area contributed by atoms with Gasteiger partial charge in [-0.05, 0) is 45.2 Å². The molecule has 0 fully saturated rings. The van der Waals surface area contributed by atoms with Crippen molar-refractivity contribution in [1.29, 1.82) is 0 Å². The summed E-state index contributed by atoms with van der Waals surface area (Å²) < 4.78 is 0. The van der Waals surface area contributed by atoms with Crippen LogP contribution < -0.4 is 0 Å². The minimum atomic E-state index is 0.0354. The van der Waals surface area contributed by atoms with Crippen LogP contribution in [0.1, 0.15) is 25.0 Å². The maximum Gasteiger partial charge on any atom is 0.0152 e. The molecule has 2 bridgehead atoms. The number of hydrogen-bond donors (Lipinski definition) is 0. The molecule has 2 aliphatic carbocycles. The lowest BCUT2D eigenvalue weighted by Crippen LogP contribution is -2.15. The second kappa shape index (κ2) is 4.33. The standard InChI is InChI=1S/C21H18/c1-21(2)18-9-5-6-10-20(21)19-14-16-8-4-3-7-15(16)13-17(19)11-12-18/h3-14H,1-2H3. The topological polar surface area (TPSA) is 0 Å². The molecule has 2 aromatic rings.